The van der Waals surface area contributed by atoms with E-state index in [4.69, 9.17) is 0 Å². The number of hydrogen-bond acceptors (Lipinski definition) is 1. The molecule has 0 heterocycles. The van der Waals surface area contributed by atoms with Crippen LogP contribution in [0.15, 0.2) is 21.1 Å². The molecule has 3 heteroatoms. The van der Waals surface area contributed by atoms with Gasteiger partial charge in [-0.3, -0.25) is 4.79 Å². The van der Waals surface area contributed by atoms with Crippen molar-refractivity contribution in [1.29, 1.82) is 0 Å². The smallest absolute Gasteiger partial charge is 0.167 e. The average molecular weight is 372 g/mol. The van der Waals surface area contributed by atoms with Gasteiger partial charge in [0.15, 0.2) is 5.78 Å². The Kier molecular flexibility index (Phi) is 3.39. The number of aryl methyl sites for hydroxylation is 1. The van der Waals surface area contributed by atoms with Crippen LogP contribution in [0.4, 0.5) is 0 Å². The van der Waals surface area contributed by atoms with E-state index >= 15 is 0 Å². The molecule has 0 N–H and O–H groups in total. The molecule has 2 unspecified atom stereocenters. The number of ketones is 1. The fraction of sp³-hybridized carbons (Fsp3) is 0.533. The molecule has 0 saturated heterocycles. The van der Waals surface area contributed by atoms with E-state index in [9.17, 15) is 4.79 Å². The van der Waals surface area contributed by atoms with Crippen molar-refractivity contribution in [2.75, 3.05) is 0 Å². The zero-order valence-corrected chi connectivity index (χ0v) is 13.6. The van der Waals surface area contributed by atoms with Crippen molar-refractivity contribution in [2.24, 2.45) is 17.8 Å². The third-order valence-corrected chi connectivity index (χ3v) is 5.98. The molecule has 1 nitrogen and oxygen atoms in total. The van der Waals surface area contributed by atoms with Gasteiger partial charge < -0.3 is 0 Å². The molecule has 2 saturated carbocycles. The third kappa shape index (κ3) is 2.09. The zero-order valence-electron chi connectivity index (χ0n) is 10.4. The number of benzene rings is 1. The highest BCUT2D eigenvalue weighted by Crippen LogP contribution is 2.56. The normalized spacial score (nSPS) is 29.8. The van der Waals surface area contributed by atoms with Gasteiger partial charge in [0, 0.05) is 20.4 Å². The first-order valence-electron chi connectivity index (χ1n) is 6.59. The Morgan fingerprint density at radius 2 is 1.72 bits per heavy atom. The molecule has 18 heavy (non-hydrogen) atoms. The molecule has 0 bridgehead atoms. The van der Waals surface area contributed by atoms with E-state index in [1.54, 1.807) is 0 Å². The lowest BCUT2D eigenvalue weighted by Crippen LogP contribution is -2.05. The van der Waals surface area contributed by atoms with Gasteiger partial charge in [-0.05, 0) is 49.3 Å². The first kappa shape index (κ1) is 12.9. The lowest BCUT2D eigenvalue weighted by Gasteiger charge is -2.06. The summed E-state index contributed by atoms with van der Waals surface area (Å²) in [6.07, 6.45) is 5.13. The summed E-state index contributed by atoms with van der Waals surface area (Å²) in [5, 5.41) is 0. The lowest BCUT2D eigenvalue weighted by molar-refractivity contribution is 0.0955. The van der Waals surface area contributed by atoms with E-state index in [1.807, 2.05) is 19.1 Å². The summed E-state index contributed by atoms with van der Waals surface area (Å²) in [4.78, 5) is 12.6. The third-order valence-electron chi connectivity index (χ3n) is 4.47. The molecule has 0 radical (unpaired) electrons. The van der Waals surface area contributed by atoms with Crippen LogP contribution < -0.4 is 0 Å². The predicted molar refractivity (Wildman–Crippen MR) is 79.8 cm³/mol. The van der Waals surface area contributed by atoms with Crippen LogP contribution in [-0.4, -0.2) is 5.78 Å². The topological polar surface area (TPSA) is 17.1 Å². The van der Waals surface area contributed by atoms with Crippen molar-refractivity contribution in [3.05, 3.63) is 32.2 Å². The molecule has 2 aliphatic carbocycles. The maximum atomic E-state index is 12.6. The highest BCUT2D eigenvalue weighted by atomic mass is 79.9. The monoisotopic (exact) mass is 370 g/mol. The summed E-state index contributed by atoms with van der Waals surface area (Å²) in [6.45, 7) is 2.04. The highest BCUT2D eigenvalue weighted by molar-refractivity contribution is 9.11. The summed E-state index contributed by atoms with van der Waals surface area (Å²) in [7, 11) is 0. The average Bonchev–Trinajstić information content (AvgIpc) is 3.07. The summed E-state index contributed by atoms with van der Waals surface area (Å²) in [5.74, 6) is 2.01. The highest BCUT2D eigenvalue weighted by Gasteiger charge is 2.54. The van der Waals surface area contributed by atoms with Crippen LogP contribution in [0.5, 0.6) is 0 Å². The number of halogens is 2. The second-order valence-corrected chi connectivity index (χ2v) is 7.29. The zero-order chi connectivity index (χ0) is 12.9. The van der Waals surface area contributed by atoms with Gasteiger partial charge in [-0.25, -0.2) is 0 Å². The quantitative estimate of drug-likeness (QED) is 0.658. The first-order valence-corrected chi connectivity index (χ1v) is 8.18. The van der Waals surface area contributed by atoms with Crippen molar-refractivity contribution in [3.63, 3.8) is 0 Å². The van der Waals surface area contributed by atoms with Gasteiger partial charge >= 0.3 is 0 Å². The summed E-state index contributed by atoms with van der Waals surface area (Å²) >= 11 is 7.06. The predicted octanol–water partition coefficient (Wildman–Crippen LogP) is 5.14. The summed E-state index contributed by atoms with van der Waals surface area (Å²) in [6, 6.07) is 4.01. The van der Waals surface area contributed by atoms with Gasteiger partial charge in [-0.15, -0.1) is 0 Å². The number of rotatable bonds is 2. The summed E-state index contributed by atoms with van der Waals surface area (Å²) in [5.41, 5.74) is 2.01. The number of carbonyl (C=O) groups excluding carboxylic acids is 1. The second-order valence-electron chi connectivity index (χ2n) is 5.58. The van der Waals surface area contributed by atoms with Crippen molar-refractivity contribution in [2.45, 2.75) is 32.6 Å². The molecule has 2 aliphatic rings. The number of hydrogen-bond donors (Lipinski definition) is 0. The number of fused-ring (bicyclic) bond motifs is 1. The van der Waals surface area contributed by atoms with Crippen LogP contribution >= 0.6 is 31.9 Å². The molecule has 96 valence electrons. The molecule has 2 fully saturated rings. The maximum Gasteiger partial charge on any atom is 0.167 e. The second kappa shape index (κ2) is 4.75. The number of carbonyl (C=O) groups is 1. The van der Waals surface area contributed by atoms with E-state index in [0.717, 1.165) is 20.1 Å². The van der Waals surface area contributed by atoms with Crippen LogP contribution in [0, 0.1) is 24.7 Å². The minimum atomic E-state index is 0.304. The Morgan fingerprint density at radius 3 is 2.33 bits per heavy atom. The van der Waals surface area contributed by atoms with Crippen molar-refractivity contribution in [1.82, 2.24) is 0 Å². The van der Waals surface area contributed by atoms with Crippen molar-refractivity contribution in [3.8, 4) is 0 Å². The number of Topliss-reactive ketones (excluding diaryl/α,β-unsaturated/α-hetero) is 1. The van der Waals surface area contributed by atoms with E-state index in [-0.39, 0.29) is 0 Å². The molecular weight excluding hydrogens is 356 g/mol. The minimum Gasteiger partial charge on any atom is -0.294 e. The van der Waals surface area contributed by atoms with Gasteiger partial charge in [0.1, 0.15) is 0 Å². The standard InChI is InChI=1S/C15H16Br2O/c1-8-6-13(17)11(7-12(8)16)15(18)14-9-4-2-3-5-10(9)14/h6-7,9-10,14H,2-5H2,1H3. The molecule has 2 atom stereocenters. The Labute approximate surface area is 125 Å². The Morgan fingerprint density at radius 1 is 1.11 bits per heavy atom. The Bertz CT molecular complexity index is 497. The minimum absolute atomic E-state index is 0.304. The van der Waals surface area contributed by atoms with Gasteiger partial charge in [0.25, 0.3) is 0 Å². The van der Waals surface area contributed by atoms with Crippen LogP contribution in [0.2, 0.25) is 0 Å². The Balaban J connectivity index is 1.87. The fourth-order valence-corrected chi connectivity index (χ4v) is 4.39. The van der Waals surface area contributed by atoms with E-state index in [0.29, 0.717) is 23.5 Å². The SMILES string of the molecule is Cc1cc(Br)c(C(=O)C2C3CCCCC32)cc1Br. The van der Waals surface area contributed by atoms with Crippen LogP contribution in [-0.2, 0) is 0 Å². The van der Waals surface area contributed by atoms with Gasteiger partial charge in [0.2, 0.25) is 0 Å². The molecule has 0 amide bonds. The van der Waals surface area contributed by atoms with Crippen LogP contribution in [0.3, 0.4) is 0 Å². The molecule has 1 aromatic carbocycles. The first-order chi connectivity index (χ1) is 8.59. The van der Waals surface area contributed by atoms with Gasteiger partial charge in [-0.2, -0.15) is 0 Å². The van der Waals surface area contributed by atoms with Crippen molar-refractivity contribution < 1.29 is 4.79 Å². The molecule has 0 spiro atoms. The summed E-state index contributed by atoms with van der Waals surface area (Å²) < 4.78 is 1.97. The maximum absolute atomic E-state index is 12.6. The molecule has 0 aliphatic heterocycles. The van der Waals surface area contributed by atoms with Crippen LogP contribution in [0.1, 0.15) is 41.6 Å². The van der Waals surface area contributed by atoms with Gasteiger partial charge in [0.05, 0.1) is 0 Å². The largest absolute Gasteiger partial charge is 0.294 e. The molecule has 1 aromatic rings. The lowest BCUT2D eigenvalue weighted by atomic mass is 10.0. The molecular formula is C15H16Br2O. The molecule has 3 rings (SSSR count). The van der Waals surface area contributed by atoms with E-state index in [1.165, 1.54) is 25.7 Å². The van der Waals surface area contributed by atoms with Crippen molar-refractivity contribution >= 4 is 37.6 Å². The van der Waals surface area contributed by atoms with Gasteiger partial charge in [-0.1, -0.05) is 44.7 Å². The van der Waals surface area contributed by atoms with E-state index in [2.05, 4.69) is 31.9 Å². The van der Waals surface area contributed by atoms with E-state index < -0.39 is 0 Å². The van der Waals surface area contributed by atoms with Crippen LogP contribution in [0.25, 0.3) is 0 Å². The fourth-order valence-electron chi connectivity index (χ4n) is 3.40. The Hall–Kier alpha value is -0.150. The molecule has 0 aromatic heterocycles.